The molecule has 0 radical (unpaired) electrons. The second-order valence-corrected chi connectivity index (χ2v) is 4.13. The number of carbonyl (C=O) groups excluding carboxylic acids is 1. The van der Waals surface area contributed by atoms with Gasteiger partial charge in [-0.25, -0.2) is 9.97 Å². The summed E-state index contributed by atoms with van der Waals surface area (Å²) in [6, 6.07) is 1.36. The van der Waals surface area contributed by atoms with Crippen molar-refractivity contribution in [2.75, 3.05) is 0 Å². The highest BCUT2D eigenvalue weighted by Crippen LogP contribution is 2.16. The Kier molecular flexibility index (Phi) is 3.29. The summed E-state index contributed by atoms with van der Waals surface area (Å²) in [6.45, 7) is 1.69. The summed E-state index contributed by atoms with van der Waals surface area (Å²) in [4.78, 5) is 37.1. The van der Waals surface area contributed by atoms with Crippen molar-refractivity contribution in [2.24, 2.45) is 0 Å². The third-order valence-electron chi connectivity index (χ3n) is 1.81. The first-order valence-electron chi connectivity index (χ1n) is 4.71. The molecule has 0 fully saturated rings. The van der Waals surface area contributed by atoms with Gasteiger partial charge in [0.05, 0.1) is 6.20 Å². The molecule has 86 valence electrons. The molecule has 0 saturated carbocycles. The molecular weight excluding hydrogens is 240 g/mol. The second-order valence-electron chi connectivity index (χ2n) is 3.17. The number of carbonyl (C=O) groups is 1. The Balaban J connectivity index is 2.22. The largest absolute Gasteiger partial charge is 0.301 e. The predicted octanol–water partition coefficient (Wildman–Crippen LogP) is 0.801. The highest BCUT2D eigenvalue weighted by atomic mass is 32.2. The van der Waals surface area contributed by atoms with E-state index in [9.17, 15) is 9.59 Å². The first-order valence-corrected chi connectivity index (χ1v) is 5.53. The number of thioether (sulfide) groups is 1. The zero-order chi connectivity index (χ0) is 12.3. The summed E-state index contributed by atoms with van der Waals surface area (Å²) in [5.74, 6) is 0. The molecule has 0 aliphatic heterocycles. The first kappa shape index (κ1) is 11.5. The summed E-state index contributed by atoms with van der Waals surface area (Å²) < 4.78 is 0. The van der Waals surface area contributed by atoms with Crippen LogP contribution in [0, 0.1) is 6.92 Å². The number of hydrogen-bond donors (Lipinski definition) is 1. The van der Waals surface area contributed by atoms with Crippen LogP contribution in [-0.4, -0.2) is 25.1 Å². The summed E-state index contributed by atoms with van der Waals surface area (Å²) in [5, 5.41) is -0.0579. The highest BCUT2D eigenvalue weighted by molar-refractivity contribution is 8.14. The molecule has 2 heterocycles. The number of aryl methyl sites for hydroxylation is 1. The second kappa shape index (κ2) is 4.88. The monoisotopic (exact) mass is 248 g/mol. The van der Waals surface area contributed by atoms with E-state index in [0.29, 0.717) is 5.69 Å². The van der Waals surface area contributed by atoms with E-state index in [1.54, 1.807) is 6.92 Å². The molecule has 0 amide bonds. The van der Waals surface area contributed by atoms with E-state index >= 15 is 0 Å². The normalized spacial score (nSPS) is 10.2. The number of nitrogens with one attached hydrogen (secondary N) is 1. The average Bonchev–Trinajstić information content (AvgIpc) is 2.28. The number of aromatic nitrogens is 4. The van der Waals surface area contributed by atoms with Crippen molar-refractivity contribution in [1.82, 2.24) is 19.9 Å². The molecule has 1 N–H and O–H groups in total. The van der Waals surface area contributed by atoms with Crippen molar-refractivity contribution in [3.63, 3.8) is 0 Å². The fourth-order valence-corrected chi connectivity index (χ4v) is 1.87. The Labute approximate surface area is 101 Å². The van der Waals surface area contributed by atoms with Crippen LogP contribution in [0.2, 0.25) is 0 Å². The topological polar surface area (TPSA) is 88.6 Å². The van der Waals surface area contributed by atoms with E-state index in [4.69, 9.17) is 0 Å². The van der Waals surface area contributed by atoms with Gasteiger partial charge in [-0.3, -0.25) is 14.6 Å². The molecule has 6 nitrogen and oxygen atoms in total. The molecule has 0 aromatic carbocycles. The Bertz CT molecular complexity index is 597. The van der Waals surface area contributed by atoms with Crippen LogP contribution in [-0.2, 0) is 0 Å². The zero-order valence-electron chi connectivity index (χ0n) is 8.88. The van der Waals surface area contributed by atoms with Crippen molar-refractivity contribution < 1.29 is 4.79 Å². The number of rotatable bonds is 2. The maximum atomic E-state index is 11.7. The minimum Gasteiger partial charge on any atom is -0.301 e. The van der Waals surface area contributed by atoms with E-state index in [1.165, 1.54) is 24.7 Å². The Morgan fingerprint density at radius 2 is 2.24 bits per heavy atom. The van der Waals surface area contributed by atoms with Crippen molar-refractivity contribution in [1.29, 1.82) is 0 Å². The van der Waals surface area contributed by atoms with Gasteiger partial charge in [-0.2, -0.15) is 0 Å². The standard InChI is InChI=1S/C10H8N4O2S/c1-6-4-8(15)14-10(13-6)17-9(16)7-5-11-2-3-12-7/h2-5H,1H3,(H,13,14,15). The van der Waals surface area contributed by atoms with E-state index in [1.807, 2.05) is 0 Å². The van der Waals surface area contributed by atoms with Crippen LogP contribution in [0.15, 0.2) is 34.6 Å². The van der Waals surface area contributed by atoms with Crippen LogP contribution in [0.3, 0.4) is 0 Å². The molecule has 0 bridgehead atoms. The van der Waals surface area contributed by atoms with Gasteiger partial charge in [-0.05, 0) is 18.7 Å². The van der Waals surface area contributed by atoms with Gasteiger partial charge in [0, 0.05) is 24.2 Å². The molecule has 2 aromatic heterocycles. The van der Waals surface area contributed by atoms with Crippen LogP contribution in [0.5, 0.6) is 0 Å². The molecule has 0 spiro atoms. The van der Waals surface area contributed by atoms with E-state index in [-0.39, 0.29) is 21.5 Å². The maximum Gasteiger partial charge on any atom is 0.251 e. The Morgan fingerprint density at radius 1 is 1.41 bits per heavy atom. The van der Waals surface area contributed by atoms with E-state index in [0.717, 1.165) is 11.8 Å². The summed E-state index contributed by atoms with van der Waals surface area (Å²) in [5.41, 5.74) is 0.497. The Morgan fingerprint density at radius 3 is 2.88 bits per heavy atom. The third kappa shape index (κ3) is 2.97. The molecule has 2 aromatic rings. The van der Waals surface area contributed by atoms with Crippen LogP contribution in [0.1, 0.15) is 16.2 Å². The number of nitrogens with zero attached hydrogens (tertiary/aromatic N) is 3. The average molecular weight is 248 g/mol. The summed E-state index contributed by atoms with van der Waals surface area (Å²) >= 11 is 0.817. The lowest BCUT2D eigenvalue weighted by Crippen LogP contribution is -2.09. The van der Waals surface area contributed by atoms with Crippen molar-refractivity contribution in [2.45, 2.75) is 12.1 Å². The van der Waals surface area contributed by atoms with E-state index in [2.05, 4.69) is 19.9 Å². The predicted molar refractivity (Wildman–Crippen MR) is 61.8 cm³/mol. The Hall–Kier alpha value is -2.02. The summed E-state index contributed by atoms with van der Waals surface area (Å²) in [6.07, 6.45) is 4.28. The lowest BCUT2D eigenvalue weighted by Gasteiger charge is -1.99. The number of aromatic amines is 1. The van der Waals surface area contributed by atoms with Gasteiger partial charge < -0.3 is 4.98 Å². The van der Waals surface area contributed by atoms with Gasteiger partial charge in [-0.1, -0.05) is 0 Å². The fourth-order valence-electron chi connectivity index (χ4n) is 1.14. The van der Waals surface area contributed by atoms with Gasteiger partial charge >= 0.3 is 0 Å². The smallest absolute Gasteiger partial charge is 0.251 e. The molecule has 0 atom stereocenters. The van der Waals surface area contributed by atoms with Crippen LogP contribution >= 0.6 is 11.8 Å². The molecule has 7 heteroatoms. The molecular formula is C10H8N4O2S. The van der Waals surface area contributed by atoms with Gasteiger partial charge in [0.15, 0.2) is 5.16 Å². The van der Waals surface area contributed by atoms with Gasteiger partial charge in [0.2, 0.25) is 5.12 Å². The lowest BCUT2D eigenvalue weighted by atomic mass is 10.5. The molecule has 17 heavy (non-hydrogen) atoms. The minimum absolute atomic E-state index is 0.224. The van der Waals surface area contributed by atoms with Crippen molar-refractivity contribution in [3.05, 3.63) is 46.4 Å². The van der Waals surface area contributed by atoms with Gasteiger partial charge in [0.1, 0.15) is 5.69 Å². The van der Waals surface area contributed by atoms with Gasteiger partial charge in [-0.15, -0.1) is 0 Å². The van der Waals surface area contributed by atoms with Crippen molar-refractivity contribution in [3.8, 4) is 0 Å². The first-order chi connectivity index (χ1) is 8.15. The SMILES string of the molecule is Cc1cc(=O)[nH]c(SC(=O)c2cnccn2)n1. The van der Waals surface area contributed by atoms with Crippen LogP contribution < -0.4 is 5.56 Å². The highest BCUT2D eigenvalue weighted by Gasteiger charge is 2.11. The molecule has 0 unspecified atom stereocenters. The van der Waals surface area contributed by atoms with E-state index < -0.39 is 0 Å². The zero-order valence-corrected chi connectivity index (χ0v) is 9.69. The number of hydrogen-bond acceptors (Lipinski definition) is 6. The number of H-pyrrole nitrogens is 1. The van der Waals surface area contributed by atoms with Gasteiger partial charge in [0.25, 0.3) is 5.56 Å². The molecule has 0 aliphatic carbocycles. The maximum absolute atomic E-state index is 11.7. The third-order valence-corrected chi connectivity index (χ3v) is 2.59. The molecule has 2 rings (SSSR count). The fraction of sp³-hybridized carbons (Fsp3) is 0.100. The molecule has 0 aliphatic rings. The quantitative estimate of drug-likeness (QED) is 0.624. The molecule has 0 saturated heterocycles. The lowest BCUT2D eigenvalue weighted by molar-refractivity contribution is 0.108. The van der Waals surface area contributed by atoms with Crippen LogP contribution in [0.4, 0.5) is 0 Å². The van der Waals surface area contributed by atoms with Crippen LogP contribution in [0.25, 0.3) is 0 Å². The minimum atomic E-state index is -0.313. The van der Waals surface area contributed by atoms with Crippen molar-refractivity contribution >= 4 is 16.9 Å². The summed E-state index contributed by atoms with van der Waals surface area (Å²) in [7, 11) is 0.